The summed E-state index contributed by atoms with van der Waals surface area (Å²) in [6.45, 7) is 0. The number of hydrogen-bond acceptors (Lipinski definition) is 6. The monoisotopic (exact) mass is 383 g/mol. The largest absolute Gasteiger partial charge is 0.497 e. The van der Waals surface area contributed by atoms with Gasteiger partial charge in [-0.15, -0.1) is 0 Å². The van der Waals surface area contributed by atoms with Crippen LogP contribution in [0.5, 0.6) is 5.75 Å². The van der Waals surface area contributed by atoms with Crippen LogP contribution >= 0.6 is 0 Å². The summed E-state index contributed by atoms with van der Waals surface area (Å²) in [7, 11) is 1.63. The molecular formula is C21H17N7O. The molecule has 142 valence electrons. The fourth-order valence-corrected chi connectivity index (χ4v) is 3.18. The first-order valence-electron chi connectivity index (χ1n) is 8.99. The number of aromatic nitrogens is 6. The standard InChI is InChI=1S/C21H17N7O/c1-29-18-8-16(7-17(9-18)28-13-23-12-25-28)26-21-10-20-15(11-24-21)6-19(27-20)14-2-4-22-5-3-14/h2-13,27H,1H3,(H,24,26). The Labute approximate surface area is 166 Å². The third kappa shape index (κ3) is 3.39. The highest BCUT2D eigenvalue weighted by atomic mass is 16.5. The van der Waals surface area contributed by atoms with E-state index in [1.807, 2.05) is 42.6 Å². The van der Waals surface area contributed by atoms with Gasteiger partial charge in [-0.25, -0.2) is 14.6 Å². The van der Waals surface area contributed by atoms with Crippen molar-refractivity contribution in [3.63, 3.8) is 0 Å². The molecule has 0 unspecified atom stereocenters. The lowest BCUT2D eigenvalue weighted by Crippen LogP contribution is -1.99. The topological polar surface area (TPSA) is 93.5 Å². The highest BCUT2D eigenvalue weighted by molar-refractivity contribution is 5.87. The lowest BCUT2D eigenvalue weighted by Gasteiger charge is -2.10. The van der Waals surface area contributed by atoms with Crippen molar-refractivity contribution in [2.24, 2.45) is 0 Å². The van der Waals surface area contributed by atoms with Crippen molar-refractivity contribution in [3.8, 4) is 22.7 Å². The van der Waals surface area contributed by atoms with Crippen molar-refractivity contribution in [2.75, 3.05) is 12.4 Å². The smallest absolute Gasteiger partial charge is 0.138 e. The molecule has 8 heteroatoms. The summed E-state index contributed by atoms with van der Waals surface area (Å²) in [5.41, 5.74) is 4.77. The van der Waals surface area contributed by atoms with E-state index in [0.717, 1.165) is 39.4 Å². The first-order valence-corrected chi connectivity index (χ1v) is 8.99. The first-order chi connectivity index (χ1) is 14.3. The third-order valence-corrected chi connectivity index (χ3v) is 4.58. The second-order valence-electron chi connectivity index (χ2n) is 6.46. The molecule has 0 saturated carbocycles. The Morgan fingerprint density at radius 1 is 1.03 bits per heavy atom. The molecule has 1 aromatic carbocycles. The molecule has 4 heterocycles. The van der Waals surface area contributed by atoms with E-state index in [0.29, 0.717) is 5.75 Å². The number of nitrogens with one attached hydrogen (secondary N) is 2. The summed E-state index contributed by atoms with van der Waals surface area (Å²) in [5.74, 6) is 1.43. The maximum absolute atomic E-state index is 5.42. The van der Waals surface area contributed by atoms with Crippen LogP contribution in [-0.4, -0.2) is 36.8 Å². The van der Waals surface area contributed by atoms with E-state index in [1.54, 1.807) is 30.5 Å². The molecule has 0 aliphatic rings. The van der Waals surface area contributed by atoms with Crippen LogP contribution in [0.25, 0.3) is 27.8 Å². The van der Waals surface area contributed by atoms with Crippen LogP contribution in [0, 0.1) is 0 Å². The number of hydrogen-bond donors (Lipinski definition) is 2. The van der Waals surface area contributed by atoms with Crippen LogP contribution in [0.2, 0.25) is 0 Å². The van der Waals surface area contributed by atoms with E-state index in [4.69, 9.17) is 4.74 Å². The van der Waals surface area contributed by atoms with Gasteiger partial charge in [0, 0.05) is 59.1 Å². The van der Waals surface area contributed by atoms with Gasteiger partial charge in [-0.1, -0.05) is 0 Å². The second-order valence-corrected chi connectivity index (χ2v) is 6.46. The minimum absolute atomic E-state index is 0.710. The lowest BCUT2D eigenvalue weighted by molar-refractivity contribution is 0.414. The number of rotatable bonds is 5. The zero-order valence-corrected chi connectivity index (χ0v) is 15.6. The molecule has 5 rings (SSSR count). The number of aromatic amines is 1. The predicted molar refractivity (Wildman–Crippen MR) is 111 cm³/mol. The molecule has 0 saturated heterocycles. The lowest BCUT2D eigenvalue weighted by atomic mass is 10.2. The van der Waals surface area contributed by atoms with Gasteiger partial charge in [0.2, 0.25) is 0 Å². The van der Waals surface area contributed by atoms with Gasteiger partial charge < -0.3 is 15.0 Å². The van der Waals surface area contributed by atoms with Gasteiger partial charge in [-0.05, 0) is 24.3 Å². The van der Waals surface area contributed by atoms with E-state index in [2.05, 4.69) is 36.4 Å². The summed E-state index contributed by atoms with van der Waals surface area (Å²) >= 11 is 0. The number of benzene rings is 1. The van der Waals surface area contributed by atoms with Crippen molar-refractivity contribution in [1.82, 2.24) is 29.7 Å². The Balaban J connectivity index is 1.48. The van der Waals surface area contributed by atoms with Crippen LogP contribution in [0.15, 0.2) is 73.7 Å². The first kappa shape index (κ1) is 16.9. The molecule has 0 amide bonds. The summed E-state index contributed by atoms with van der Waals surface area (Å²) in [6, 6.07) is 13.8. The van der Waals surface area contributed by atoms with Crippen LogP contribution in [0.4, 0.5) is 11.5 Å². The Kier molecular flexibility index (Phi) is 4.14. The average Bonchev–Trinajstić information content (AvgIpc) is 3.44. The number of methoxy groups -OCH3 is 1. The van der Waals surface area contributed by atoms with Gasteiger partial charge in [0.1, 0.15) is 24.2 Å². The van der Waals surface area contributed by atoms with Crippen LogP contribution in [-0.2, 0) is 0 Å². The van der Waals surface area contributed by atoms with E-state index in [1.165, 1.54) is 6.33 Å². The number of pyridine rings is 2. The molecule has 0 atom stereocenters. The fourth-order valence-electron chi connectivity index (χ4n) is 3.18. The molecular weight excluding hydrogens is 366 g/mol. The van der Waals surface area contributed by atoms with Crippen molar-refractivity contribution in [2.45, 2.75) is 0 Å². The highest BCUT2D eigenvalue weighted by Crippen LogP contribution is 2.28. The average molecular weight is 383 g/mol. The molecule has 0 aliphatic heterocycles. The maximum Gasteiger partial charge on any atom is 0.138 e. The molecule has 0 radical (unpaired) electrons. The molecule has 5 aromatic rings. The quantitative estimate of drug-likeness (QED) is 0.477. The molecule has 29 heavy (non-hydrogen) atoms. The van der Waals surface area contributed by atoms with Crippen molar-refractivity contribution >= 4 is 22.4 Å². The Hall–Kier alpha value is -4.20. The molecule has 2 N–H and O–H groups in total. The molecule has 4 aromatic heterocycles. The number of nitrogens with zero attached hydrogens (tertiary/aromatic N) is 5. The fraction of sp³-hybridized carbons (Fsp3) is 0.0476. The molecule has 0 bridgehead atoms. The van der Waals surface area contributed by atoms with E-state index in [9.17, 15) is 0 Å². The van der Waals surface area contributed by atoms with Crippen molar-refractivity contribution < 1.29 is 4.74 Å². The highest BCUT2D eigenvalue weighted by Gasteiger charge is 2.08. The number of fused-ring (bicyclic) bond motifs is 1. The van der Waals surface area contributed by atoms with Gasteiger partial charge in [-0.3, -0.25) is 4.98 Å². The van der Waals surface area contributed by atoms with Gasteiger partial charge in [0.05, 0.1) is 18.3 Å². The summed E-state index contributed by atoms with van der Waals surface area (Å²) in [6.07, 6.45) is 8.54. The molecule has 0 spiro atoms. The van der Waals surface area contributed by atoms with E-state index >= 15 is 0 Å². The van der Waals surface area contributed by atoms with Crippen molar-refractivity contribution in [3.05, 3.63) is 73.7 Å². The number of ether oxygens (including phenoxy) is 1. The normalized spacial score (nSPS) is 10.9. The van der Waals surface area contributed by atoms with Crippen LogP contribution in [0.1, 0.15) is 0 Å². The summed E-state index contributed by atoms with van der Waals surface area (Å²) < 4.78 is 7.10. The minimum Gasteiger partial charge on any atom is -0.497 e. The summed E-state index contributed by atoms with van der Waals surface area (Å²) in [4.78, 5) is 16.0. The van der Waals surface area contributed by atoms with Gasteiger partial charge >= 0.3 is 0 Å². The Morgan fingerprint density at radius 3 is 2.72 bits per heavy atom. The third-order valence-electron chi connectivity index (χ3n) is 4.58. The Bertz CT molecular complexity index is 1260. The zero-order chi connectivity index (χ0) is 19.6. The SMILES string of the molecule is COc1cc(Nc2cc3[nH]c(-c4ccncc4)cc3cn2)cc(-n2cncn2)c1. The number of anilines is 2. The zero-order valence-electron chi connectivity index (χ0n) is 15.6. The minimum atomic E-state index is 0.710. The van der Waals surface area contributed by atoms with E-state index < -0.39 is 0 Å². The second kappa shape index (κ2) is 7.08. The van der Waals surface area contributed by atoms with Crippen LogP contribution in [0.3, 0.4) is 0 Å². The van der Waals surface area contributed by atoms with Crippen molar-refractivity contribution in [1.29, 1.82) is 0 Å². The number of H-pyrrole nitrogens is 1. The summed E-state index contributed by atoms with van der Waals surface area (Å²) in [5, 5.41) is 8.56. The van der Waals surface area contributed by atoms with E-state index in [-0.39, 0.29) is 0 Å². The van der Waals surface area contributed by atoms with Crippen LogP contribution < -0.4 is 10.1 Å². The van der Waals surface area contributed by atoms with Gasteiger partial charge in [0.25, 0.3) is 0 Å². The molecule has 8 nitrogen and oxygen atoms in total. The molecule has 0 fully saturated rings. The molecule has 0 aliphatic carbocycles. The maximum atomic E-state index is 5.42. The van der Waals surface area contributed by atoms with Gasteiger partial charge in [0.15, 0.2) is 0 Å². The Morgan fingerprint density at radius 2 is 1.93 bits per heavy atom. The predicted octanol–water partition coefficient (Wildman–Crippen LogP) is 3.96. The van der Waals surface area contributed by atoms with Gasteiger partial charge in [-0.2, -0.15) is 5.10 Å².